The number of hydrogen-bond donors (Lipinski definition) is 0. The van der Waals surface area contributed by atoms with Crippen molar-refractivity contribution >= 4 is 6.34 Å². The fraction of sp³-hybridized carbons (Fsp3) is 0.800. The molecule has 3 heteroatoms. The Bertz CT molecular complexity index is 92.4. The minimum atomic E-state index is 0.670. The maximum Gasteiger partial charge on any atom is 0.119 e. The minimum Gasteiger partial charge on any atom is -0.364 e. The molecule has 1 heterocycles. The first-order valence-corrected chi connectivity index (χ1v) is 2.66. The molecule has 0 amide bonds. The van der Waals surface area contributed by atoms with Crippen LogP contribution in [-0.2, 0) is 4.74 Å². The second-order valence-corrected chi connectivity index (χ2v) is 1.75. The van der Waals surface area contributed by atoms with Gasteiger partial charge in [0.05, 0.1) is 12.9 Å². The van der Waals surface area contributed by atoms with Crippen LogP contribution in [0.25, 0.3) is 0 Å². The van der Waals surface area contributed by atoms with Crippen molar-refractivity contribution in [1.82, 2.24) is 4.90 Å². The fourth-order valence-corrected chi connectivity index (χ4v) is 0.681. The Morgan fingerprint density at radius 1 is 1.88 bits per heavy atom. The standard InChI is InChI=1S/C5H10N2O/c1-8-5-7-3-2-6-4-7/h4H,2-3,5H2,1H3. The molecular weight excluding hydrogens is 104 g/mol. The summed E-state index contributed by atoms with van der Waals surface area (Å²) < 4.78 is 4.86. The first kappa shape index (κ1) is 5.56. The molecule has 1 aliphatic heterocycles. The van der Waals surface area contributed by atoms with Gasteiger partial charge in [-0.25, -0.2) is 0 Å². The molecule has 0 saturated carbocycles. The van der Waals surface area contributed by atoms with E-state index in [0.717, 1.165) is 13.1 Å². The Morgan fingerprint density at radius 3 is 3.25 bits per heavy atom. The number of aliphatic imine (C=N–C) groups is 1. The quantitative estimate of drug-likeness (QED) is 0.502. The molecule has 1 aliphatic rings. The SMILES string of the molecule is COCN1C=NCC1. The molecule has 0 bridgehead atoms. The zero-order valence-corrected chi connectivity index (χ0v) is 5.00. The Labute approximate surface area is 49.0 Å². The van der Waals surface area contributed by atoms with Crippen molar-refractivity contribution in [3.8, 4) is 0 Å². The van der Waals surface area contributed by atoms with E-state index in [-0.39, 0.29) is 0 Å². The highest BCUT2D eigenvalue weighted by molar-refractivity contribution is 5.56. The first-order chi connectivity index (χ1) is 3.93. The van der Waals surface area contributed by atoms with Crippen molar-refractivity contribution < 1.29 is 4.74 Å². The molecule has 0 aromatic carbocycles. The molecule has 0 unspecified atom stereocenters. The Morgan fingerprint density at radius 2 is 2.75 bits per heavy atom. The van der Waals surface area contributed by atoms with E-state index >= 15 is 0 Å². The Balaban J connectivity index is 2.16. The van der Waals surface area contributed by atoms with Gasteiger partial charge in [0.15, 0.2) is 0 Å². The molecule has 0 N–H and O–H groups in total. The van der Waals surface area contributed by atoms with Crippen LogP contribution in [0.3, 0.4) is 0 Å². The third-order valence-electron chi connectivity index (χ3n) is 1.06. The van der Waals surface area contributed by atoms with E-state index in [1.807, 2.05) is 11.2 Å². The van der Waals surface area contributed by atoms with Gasteiger partial charge < -0.3 is 9.64 Å². The highest BCUT2D eigenvalue weighted by atomic mass is 16.5. The van der Waals surface area contributed by atoms with E-state index in [4.69, 9.17) is 4.74 Å². The summed E-state index contributed by atoms with van der Waals surface area (Å²) in [7, 11) is 1.69. The van der Waals surface area contributed by atoms with Crippen LogP contribution in [0.2, 0.25) is 0 Å². The molecule has 0 fully saturated rings. The van der Waals surface area contributed by atoms with Crippen molar-refractivity contribution in [3.63, 3.8) is 0 Å². The largest absolute Gasteiger partial charge is 0.364 e. The number of methoxy groups -OCH3 is 1. The third kappa shape index (κ3) is 1.20. The number of nitrogens with zero attached hydrogens (tertiary/aromatic N) is 2. The Kier molecular flexibility index (Phi) is 1.86. The van der Waals surface area contributed by atoms with Crippen molar-refractivity contribution in [2.75, 3.05) is 26.9 Å². The summed E-state index contributed by atoms with van der Waals surface area (Å²) >= 11 is 0. The summed E-state index contributed by atoms with van der Waals surface area (Å²) in [5.74, 6) is 0. The Hall–Kier alpha value is -0.570. The summed E-state index contributed by atoms with van der Waals surface area (Å²) in [5.41, 5.74) is 0. The highest BCUT2D eigenvalue weighted by Crippen LogP contribution is 1.90. The molecular formula is C5H10N2O. The maximum absolute atomic E-state index is 4.86. The normalized spacial score (nSPS) is 17.9. The van der Waals surface area contributed by atoms with E-state index in [9.17, 15) is 0 Å². The van der Waals surface area contributed by atoms with Gasteiger partial charge in [0.1, 0.15) is 6.73 Å². The van der Waals surface area contributed by atoms with E-state index in [1.165, 1.54) is 0 Å². The molecule has 46 valence electrons. The molecule has 0 saturated heterocycles. The lowest BCUT2D eigenvalue weighted by Gasteiger charge is -2.10. The number of hydrogen-bond acceptors (Lipinski definition) is 3. The van der Waals surface area contributed by atoms with E-state index in [2.05, 4.69) is 4.99 Å². The van der Waals surface area contributed by atoms with Crippen LogP contribution in [-0.4, -0.2) is 38.2 Å². The molecule has 8 heavy (non-hydrogen) atoms. The van der Waals surface area contributed by atoms with Crippen LogP contribution in [0.4, 0.5) is 0 Å². The van der Waals surface area contributed by atoms with Crippen molar-refractivity contribution in [3.05, 3.63) is 0 Å². The van der Waals surface area contributed by atoms with Crippen LogP contribution < -0.4 is 0 Å². The zero-order chi connectivity index (χ0) is 5.82. The molecule has 0 atom stereocenters. The molecule has 0 spiro atoms. The predicted molar refractivity (Wildman–Crippen MR) is 31.9 cm³/mol. The van der Waals surface area contributed by atoms with Crippen LogP contribution in [0.1, 0.15) is 0 Å². The molecule has 3 nitrogen and oxygen atoms in total. The summed E-state index contributed by atoms with van der Waals surface area (Å²) in [6, 6.07) is 0. The van der Waals surface area contributed by atoms with Crippen LogP contribution in [0.15, 0.2) is 4.99 Å². The van der Waals surface area contributed by atoms with Gasteiger partial charge in [0.25, 0.3) is 0 Å². The predicted octanol–water partition coefficient (Wildman–Crippen LogP) is -0.0658. The fourth-order valence-electron chi connectivity index (χ4n) is 0.681. The second kappa shape index (κ2) is 2.67. The summed E-state index contributed by atoms with van der Waals surface area (Å²) in [5, 5.41) is 0. The smallest absolute Gasteiger partial charge is 0.119 e. The topological polar surface area (TPSA) is 24.8 Å². The maximum atomic E-state index is 4.86. The molecule has 0 aromatic rings. The van der Waals surface area contributed by atoms with Gasteiger partial charge in [0.2, 0.25) is 0 Å². The van der Waals surface area contributed by atoms with Gasteiger partial charge in [-0.2, -0.15) is 0 Å². The lowest BCUT2D eigenvalue weighted by Crippen LogP contribution is -2.21. The van der Waals surface area contributed by atoms with Gasteiger partial charge in [-0.15, -0.1) is 0 Å². The monoisotopic (exact) mass is 114 g/mol. The van der Waals surface area contributed by atoms with Gasteiger partial charge in [0, 0.05) is 13.7 Å². The average molecular weight is 114 g/mol. The molecule has 0 radical (unpaired) electrons. The van der Waals surface area contributed by atoms with E-state index in [1.54, 1.807) is 7.11 Å². The molecule has 0 aromatic heterocycles. The van der Waals surface area contributed by atoms with Gasteiger partial charge in [-0.3, -0.25) is 4.99 Å². The second-order valence-electron chi connectivity index (χ2n) is 1.75. The summed E-state index contributed by atoms with van der Waals surface area (Å²) in [6.07, 6.45) is 1.82. The number of ether oxygens (including phenoxy) is 1. The van der Waals surface area contributed by atoms with Gasteiger partial charge >= 0.3 is 0 Å². The van der Waals surface area contributed by atoms with Crippen LogP contribution in [0.5, 0.6) is 0 Å². The molecule has 0 aliphatic carbocycles. The van der Waals surface area contributed by atoms with Gasteiger partial charge in [-0.1, -0.05) is 0 Å². The lowest BCUT2D eigenvalue weighted by molar-refractivity contribution is 0.119. The third-order valence-corrected chi connectivity index (χ3v) is 1.06. The number of rotatable bonds is 2. The van der Waals surface area contributed by atoms with Crippen molar-refractivity contribution in [1.29, 1.82) is 0 Å². The van der Waals surface area contributed by atoms with Crippen molar-refractivity contribution in [2.24, 2.45) is 4.99 Å². The van der Waals surface area contributed by atoms with Crippen molar-refractivity contribution in [2.45, 2.75) is 0 Å². The van der Waals surface area contributed by atoms with Crippen LogP contribution >= 0.6 is 0 Å². The summed E-state index contributed by atoms with van der Waals surface area (Å²) in [4.78, 5) is 6.03. The minimum absolute atomic E-state index is 0.670. The lowest BCUT2D eigenvalue weighted by atomic mass is 10.6. The average Bonchev–Trinajstić information content (AvgIpc) is 2.19. The summed E-state index contributed by atoms with van der Waals surface area (Å²) in [6.45, 7) is 2.60. The highest BCUT2D eigenvalue weighted by Gasteiger charge is 2.01. The van der Waals surface area contributed by atoms with E-state index < -0.39 is 0 Å². The van der Waals surface area contributed by atoms with Gasteiger partial charge in [-0.05, 0) is 0 Å². The molecule has 1 rings (SSSR count). The van der Waals surface area contributed by atoms with E-state index in [0.29, 0.717) is 6.73 Å². The van der Waals surface area contributed by atoms with Crippen LogP contribution in [0, 0.1) is 0 Å². The first-order valence-electron chi connectivity index (χ1n) is 2.66. The zero-order valence-electron chi connectivity index (χ0n) is 5.00.